The molecule has 0 spiro atoms. The van der Waals surface area contributed by atoms with E-state index in [0.717, 1.165) is 5.56 Å². The molecular weight excluding hydrogens is 319 g/mol. The topological polar surface area (TPSA) is 45.9 Å². The zero-order valence-corrected chi connectivity index (χ0v) is 12.7. The fourth-order valence-electron chi connectivity index (χ4n) is 1.78. The molecule has 0 aliphatic heterocycles. The van der Waals surface area contributed by atoms with E-state index in [-0.39, 0.29) is 11.4 Å². The van der Waals surface area contributed by atoms with Gasteiger partial charge in [-0.2, -0.15) is 5.26 Å². The van der Waals surface area contributed by atoms with Gasteiger partial charge in [0.2, 0.25) is 5.88 Å². The molecule has 0 unspecified atom stereocenters. The van der Waals surface area contributed by atoms with Gasteiger partial charge in [-0.3, -0.25) is 0 Å². The Hall–Kier alpha value is -1.47. The maximum atomic E-state index is 8.91. The number of nitriles is 1. The quantitative estimate of drug-likeness (QED) is 0.762. The molecule has 0 N–H and O–H groups in total. The standard InChI is InChI=1S/C14H9Cl3N2O/c1-20-12-5-3-8(11(19-12)6-7-18)9-2-4-10(15)14(17)13(9)16/h2-5H,6H2,1H3. The summed E-state index contributed by atoms with van der Waals surface area (Å²) < 4.78 is 5.06. The Labute approximate surface area is 131 Å². The number of hydrogen-bond acceptors (Lipinski definition) is 3. The molecule has 2 rings (SSSR count). The summed E-state index contributed by atoms with van der Waals surface area (Å²) in [6.45, 7) is 0. The Bertz CT molecular complexity index is 696. The number of aromatic nitrogens is 1. The van der Waals surface area contributed by atoms with Crippen LogP contribution in [-0.2, 0) is 6.42 Å². The van der Waals surface area contributed by atoms with Gasteiger partial charge in [-0.25, -0.2) is 4.98 Å². The van der Waals surface area contributed by atoms with Gasteiger partial charge in [-0.05, 0) is 12.1 Å². The first kappa shape index (κ1) is 14.9. The first-order valence-electron chi connectivity index (χ1n) is 5.63. The Morgan fingerprint density at radius 1 is 1.10 bits per heavy atom. The summed E-state index contributed by atoms with van der Waals surface area (Å²) in [7, 11) is 1.52. The van der Waals surface area contributed by atoms with E-state index < -0.39 is 0 Å². The van der Waals surface area contributed by atoms with E-state index in [1.807, 2.05) is 0 Å². The van der Waals surface area contributed by atoms with Crippen molar-refractivity contribution in [3.05, 3.63) is 45.0 Å². The first-order chi connectivity index (χ1) is 9.58. The van der Waals surface area contributed by atoms with Crippen LogP contribution in [0.1, 0.15) is 5.69 Å². The monoisotopic (exact) mass is 326 g/mol. The van der Waals surface area contributed by atoms with Crippen LogP contribution in [0.3, 0.4) is 0 Å². The smallest absolute Gasteiger partial charge is 0.213 e. The van der Waals surface area contributed by atoms with Gasteiger partial charge < -0.3 is 4.74 Å². The van der Waals surface area contributed by atoms with E-state index in [9.17, 15) is 0 Å². The van der Waals surface area contributed by atoms with E-state index in [2.05, 4.69) is 11.1 Å². The van der Waals surface area contributed by atoms with Crippen LogP contribution >= 0.6 is 34.8 Å². The summed E-state index contributed by atoms with van der Waals surface area (Å²) in [5, 5.41) is 9.91. The fourth-order valence-corrected chi connectivity index (χ4v) is 2.42. The minimum Gasteiger partial charge on any atom is -0.481 e. The van der Waals surface area contributed by atoms with Crippen molar-refractivity contribution in [1.29, 1.82) is 5.26 Å². The number of methoxy groups -OCH3 is 1. The minimum absolute atomic E-state index is 0.142. The summed E-state index contributed by atoms with van der Waals surface area (Å²) in [6, 6.07) is 8.98. The maximum Gasteiger partial charge on any atom is 0.213 e. The lowest BCUT2D eigenvalue weighted by atomic mass is 10.0. The predicted molar refractivity (Wildman–Crippen MR) is 80.6 cm³/mol. The normalized spacial score (nSPS) is 10.2. The number of benzene rings is 1. The van der Waals surface area contributed by atoms with Gasteiger partial charge in [-0.1, -0.05) is 40.9 Å². The summed E-state index contributed by atoms with van der Waals surface area (Å²) in [5.74, 6) is 0.440. The minimum atomic E-state index is 0.142. The number of nitrogens with zero attached hydrogens (tertiary/aromatic N) is 2. The fraction of sp³-hybridized carbons (Fsp3) is 0.143. The Balaban J connectivity index is 2.63. The van der Waals surface area contributed by atoms with Crippen LogP contribution in [0.25, 0.3) is 11.1 Å². The van der Waals surface area contributed by atoms with Crippen molar-refractivity contribution in [1.82, 2.24) is 4.98 Å². The molecule has 0 saturated heterocycles. The molecule has 0 bridgehead atoms. The molecule has 0 aliphatic carbocycles. The molecule has 1 heterocycles. The predicted octanol–water partition coefficient (Wildman–Crippen LogP) is 4.78. The molecule has 0 atom stereocenters. The van der Waals surface area contributed by atoms with Crippen molar-refractivity contribution in [2.45, 2.75) is 6.42 Å². The molecule has 1 aromatic carbocycles. The van der Waals surface area contributed by atoms with Crippen LogP contribution < -0.4 is 4.74 Å². The van der Waals surface area contributed by atoms with Gasteiger partial charge in [0.25, 0.3) is 0 Å². The lowest BCUT2D eigenvalue weighted by molar-refractivity contribution is 0.397. The molecule has 0 aliphatic rings. The Morgan fingerprint density at radius 3 is 2.45 bits per heavy atom. The SMILES string of the molecule is COc1ccc(-c2ccc(Cl)c(Cl)c2Cl)c(CC#N)n1. The highest BCUT2D eigenvalue weighted by atomic mass is 35.5. The molecule has 3 nitrogen and oxygen atoms in total. The highest BCUT2D eigenvalue weighted by Gasteiger charge is 2.15. The Kier molecular flexibility index (Phi) is 4.72. The molecule has 20 heavy (non-hydrogen) atoms. The highest BCUT2D eigenvalue weighted by Crippen LogP contribution is 2.39. The van der Waals surface area contributed by atoms with Gasteiger partial charge in [-0.15, -0.1) is 0 Å². The number of pyridine rings is 1. The zero-order chi connectivity index (χ0) is 14.7. The van der Waals surface area contributed by atoms with Crippen molar-refractivity contribution in [2.75, 3.05) is 7.11 Å². The second-order valence-electron chi connectivity index (χ2n) is 3.91. The van der Waals surface area contributed by atoms with Gasteiger partial charge in [0.15, 0.2) is 0 Å². The second-order valence-corrected chi connectivity index (χ2v) is 5.07. The molecule has 2 aromatic rings. The molecule has 0 amide bonds. The van der Waals surface area contributed by atoms with Gasteiger partial charge in [0.1, 0.15) is 0 Å². The highest BCUT2D eigenvalue weighted by molar-refractivity contribution is 6.49. The first-order valence-corrected chi connectivity index (χ1v) is 6.76. The van der Waals surface area contributed by atoms with E-state index in [1.54, 1.807) is 24.3 Å². The van der Waals surface area contributed by atoms with Crippen LogP contribution in [0.5, 0.6) is 5.88 Å². The average molecular weight is 328 g/mol. The number of hydrogen-bond donors (Lipinski definition) is 0. The van der Waals surface area contributed by atoms with Gasteiger partial charge in [0.05, 0.1) is 40.4 Å². The molecule has 0 saturated carbocycles. The third kappa shape index (κ3) is 2.83. The van der Waals surface area contributed by atoms with Crippen LogP contribution in [-0.4, -0.2) is 12.1 Å². The third-order valence-corrected chi connectivity index (χ3v) is 4.02. The van der Waals surface area contributed by atoms with E-state index >= 15 is 0 Å². The lowest BCUT2D eigenvalue weighted by Crippen LogP contribution is -1.97. The van der Waals surface area contributed by atoms with E-state index in [0.29, 0.717) is 27.2 Å². The molecule has 0 fully saturated rings. The van der Waals surface area contributed by atoms with E-state index in [1.165, 1.54) is 7.11 Å². The van der Waals surface area contributed by atoms with Crippen LogP contribution in [0.15, 0.2) is 24.3 Å². The number of rotatable bonds is 3. The number of ether oxygens (including phenoxy) is 1. The molecular formula is C14H9Cl3N2O. The van der Waals surface area contributed by atoms with Crippen molar-refractivity contribution in [3.8, 4) is 23.1 Å². The number of halogens is 3. The summed E-state index contributed by atoms with van der Waals surface area (Å²) in [4.78, 5) is 4.27. The summed E-state index contributed by atoms with van der Waals surface area (Å²) >= 11 is 18.2. The summed E-state index contributed by atoms with van der Waals surface area (Å²) in [5.41, 5.74) is 1.99. The van der Waals surface area contributed by atoms with Crippen molar-refractivity contribution in [2.24, 2.45) is 0 Å². The second kappa shape index (κ2) is 6.32. The maximum absolute atomic E-state index is 8.91. The molecule has 102 valence electrons. The third-order valence-electron chi connectivity index (χ3n) is 2.73. The van der Waals surface area contributed by atoms with E-state index in [4.69, 9.17) is 44.8 Å². The summed E-state index contributed by atoms with van der Waals surface area (Å²) in [6.07, 6.45) is 0.142. The molecule has 0 radical (unpaired) electrons. The van der Waals surface area contributed by atoms with Gasteiger partial charge >= 0.3 is 0 Å². The van der Waals surface area contributed by atoms with Gasteiger partial charge in [0, 0.05) is 17.2 Å². The van der Waals surface area contributed by atoms with Crippen LogP contribution in [0.4, 0.5) is 0 Å². The molecule has 1 aromatic heterocycles. The van der Waals surface area contributed by atoms with Crippen molar-refractivity contribution >= 4 is 34.8 Å². The van der Waals surface area contributed by atoms with Crippen LogP contribution in [0, 0.1) is 11.3 Å². The van der Waals surface area contributed by atoms with Crippen LogP contribution in [0.2, 0.25) is 15.1 Å². The Morgan fingerprint density at radius 2 is 1.80 bits per heavy atom. The van der Waals surface area contributed by atoms with Crippen molar-refractivity contribution < 1.29 is 4.74 Å². The largest absolute Gasteiger partial charge is 0.481 e. The van der Waals surface area contributed by atoms with Crippen molar-refractivity contribution in [3.63, 3.8) is 0 Å². The lowest BCUT2D eigenvalue weighted by Gasteiger charge is -2.11. The average Bonchev–Trinajstić information content (AvgIpc) is 2.46. The zero-order valence-electron chi connectivity index (χ0n) is 10.5. The molecule has 6 heteroatoms.